The number of rotatable bonds is 4. The maximum Gasteiger partial charge on any atom is 0.203 e. The summed E-state index contributed by atoms with van der Waals surface area (Å²) < 4.78 is 5.20. The van der Waals surface area contributed by atoms with Gasteiger partial charge in [-0.2, -0.15) is 0 Å². The SMILES string of the molecule is Nc1nnc(CSCc2ccco2)s1. The summed E-state index contributed by atoms with van der Waals surface area (Å²) >= 11 is 3.17. The molecule has 0 spiro atoms. The van der Waals surface area contributed by atoms with E-state index in [9.17, 15) is 0 Å². The van der Waals surface area contributed by atoms with Crippen LogP contribution in [0.25, 0.3) is 0 Å². The monoisotopic (exact) mass is 227 g/mol. The van der Waals surface area contributed by atoms with Gasteiger partial charge >= 0.3 is 0 Å². The summed E-state index contributed by atoms with van der Waals surface area (Å²) in [5.41, 5.74) is 5.46. The molecule has 0 aliphatic rings. The molecule has 0 saturated heterocycles. The van der Waals surface area contributed by atoms with Crippen LogP contribution in [0.2, 0.25) is 0 Å². The Kier molecular flexibility index (Phi) is 3.05. The first-order valence-corrected chi connectivity index (χ1v) is 5.99. The van der Waals surface area contributed by atoms with Crippen molar-refractivity contribution < 1.29 is 4.42 Å². The number of thioether (sulfide) groups is 1. The molecule has 2 aromatic rings. The number of nitrogens with two attached hydrogens (primary N) is 1. The van der Waals surface area contributed by atoms with Gasteiger partial charge in [0.05, 0.1) is 12.0 Å². The highest BCUT2D eigenvalue weighted by atomic mass is 32.2. The molecule has 0 unspecified atom stereocenters. The topological polar surface area (TPSA) is 64.9 Å². The molecular formula is C8H9N3OS2. The number of hydrogen-bond donors (Lipinski definition) is 1. The van der Waals surface area contributed by atoms with Crippen molar-refractivity contribution in [3.05, 3.63) is 29.2 Å². The summed E-state index contributed by atoms with van der Waals surface area (Å²) in [6, 6.07) is 3.85. The maximum atomic E-state index is 5.46. The van der Waals surface area contributed by atoms with Crippen molar-refractivity contribution in [1.82, 2.24) is 10.2 Å². The zero-order chi connectivity index (χ0) is 9.80. The van der Waals surface area contributed by atoms with Crippen molar-refractivity contribution in [2.24, 2.45) is 0 Å². The van der Waals surface area contributed by atoms with Crippen molar-refractivity contribution in [3.63, 3.8) is 0 Å². The Hall–Kier alpha value is -1.01. The Labute approximate surface area is 89.5 Å². The number of nitrogens with zero attached hydrogens (tertiary/aromatic N) is 2. The molecule has 0 saturated carbocycles. The lowest BCUT2D eigenvalue weighted by Gasteiger charge is -1.93. The minimum atomic E-state index is 0.526. The van der Waals surface area contributed by atoms with E-state index < -0.39 is 0 Å². The van der Waals surface area contributed by atoms with Crippen molar-refractivity contribution in [2.75, 3.05) is 5.73 Å². The normalized spacial score (nSPS) is 10.6. The fourth-order valence-electron chi connectivity index (χ4n) is 0.959. The van der Waals surface area contributed by atoms with Crippen LogP contribution in [0.4, 0.5) is 5.13 Å². The van der Waals surface area contributed by atoms with Gasteiger partial charge in [0.25, 0.3) is 0 Å². The van der Waals surface area contributed by atoms with E-state index in [4.69, 9.17) is 10.2 Å². The molecule has 0 bridgehead atoms. The zero-order valence-corrected chi connectivity index (χ0v) is 8.98. The van der Waals surface area contributed by atoms with Crippen LogP contribution in [0.15, 0.2) is 22.8 Å². The minimum absolute atomic E-state index is 0.526. The summed E-state index contributed by atoms with van der Waals surface area (Å²) in [6.45, 7) is 0. The van der Waals surface area contributed by atoms with Gasteiger partial charge in [-0.3, -0.25) is 0 Å². The smallest absolute Gasteiger partial charge is 0.203 e. The van der Waals surface area contributed by atoms with E-state index in [0.29, 0.717) is 5.13 Å². The number of nitrogen functional groups attached to an aromatic ring is 1. The molecule has 14 heavy (non-hydrogen) atoms. The molecule has 2 rings (SSSR count). The lowest BCUT2D eigenvalue weighted by Crippen LogP contribution is -1.81. The van der Waals surface area contributed by atoms with Gasteiger partial charge in [-0.15, -0.1) is 22.0 Å². The average Bonchev–Trinajstić information content (AvgIpc) is 2.77. The molecule has 74 valence electrons. The standard InChI is InChI=1S/C8H9N3OS2/c9-8-11-10-7(14-8)5-13-4-6-2-1-3-12-6/h1-3H,4-5H2,(H2,9,11). The van der Waals surface area contributed by atoms with Crippen LogP contribution >= 0.6 is 23.1 Å². The second-order valence-corrected chi connectivity index (χ2v) is 4.69. The Morgan fingerprint density at radius 1 is 1.43 bits per heavy atom. The maximum absolute atomic E-state index is 5.46. The number of aromatic nitrogens is 2. The van der Waals surface area contributed by atoms with E-state index in [0.717, 1.165) is 22.3 Å². The second kappa shape index (κ2) is 4.47. The summed E-state index contributed by atoms with van der Waals surface area (Å²) in [5, 5.41) is 9.15. The molecule has 2 N–H and O–H groups in total. The van der Waals surface area contributed by atoms with Crippen LogP contribution < -0.4 is 5.73 Å². The second-order valence-electron chi connectivity index (χ2n) is 2.61. The third kappa shape index (κ3) is 2.49. The Morgan fingerprint density at radius 3 is 3.00 bits per heavy atom. The number of anilines is 1. The van der Waals surface area contributed by atoms with Crippen LogP contribution in [0.3, 0.4) is 0 Å². The predicted molar refractivity (Wildman–Crippen MR) is 58.0 cm³/mol. The Balaban J connectivity index is 1.78. The van der Waals surface area contributed by atoms with Crippen LogP contribution in [-0.4, -0.2) is 10.2 Å². The van der Waals surface area contributed by atoms with Crippen molar-refractivity contribution in [2.45, 2.75) is 11.5 Å². The van der Waals surface area contributed by atoms with Gasteiger partial charge in [0.2, 0.25) is 5.13 Å². The molecule has 0 radical (unpaired) electrons. The molecule has 4 nitrogen and oxygen atoms in total. The van der Waals surface area contributed by atoms with Gasteiger partial charge in [0, 0.05) is 5.75 Å². The van der Waals surface area contributed by atoms with Gasteiger partial charge < -0.3 is 10.2 Å². The predicted octanol–water partition coefficient (Wildman–Crippen LogP) is 2.15. The number of furan rings is 1. The highest BCUT2D eigenvalue weighted by Gasteiger charge is 2.02. The molecular weight excluding hydrogens is 218 g/mol. The minimum Gasteiger partial charge on any atom is -0.468 e. The number of hydrogen-bond acceptors (Lipinski definition) is 6. The van der Waals surface area contributed by atoms with Gasteiger partial charge in [-0.05, 0) is 12.1 Å². The van der Waals surface area contributed by atoms with E-state index in [1.54, 1.807) is 18.0 Å². The molecule has 2 heterocycles. The first-order chi connectivity index (χ1) is 6.84. The van der Waals surface area contributed by atoms with E-state index in [1.807, 2.05) is 12.1 Å². The molecule has 0 aliphatic carbocycles. The molecule has 0 aliphatic heterocycles. The van der Waals surface area contributed by atoms with Gasteiger partial charge in [0.1, 0.15) is 10.8 Å². The Morgan fingerprint density at radius 2 is 2.36 bits per heavy atom. The third-order valence-corrected chi connectivity index (χ3v) is 3.43. The third-order valence-electron chi connectivity index (χ3n) is 1.53. The van der Waals surface area contributed by atoms with E-state index in [1.165, 1.54) is 11.3 Å². The van der Waals surface area contributed by atoms with Crippen LogP contribution in [-0.2, 0) is 11.5 Å². The Bertz CT molecular complexity index is 385. The first kappa shape index (κ1) is 9.54. The van der Waals surface area contributed by atoms with Gasteiger partial charge in [-0.1, -0.05) is 11.3 Å². The average molecular weight is 227 g/mol. The first-order valence-electron chi connectivity index (χ1n) is 4.02. The zero-order valence-electron chi connectivity index (χ0n) is 7.34. The lowest BCUT2D eigenvalue weighted by molar-refractivity contribution is 0.530. The van der Waals surface area contributed by atoms with E-state index in [-0.39, 0.29) is 0 Å². The van der Waals surface area contributed by atoms with Crippen LogP contribution in [0.1, 0.15) is 10.8 Å². The molecule has 0 aromatic carbocycles. The van der Waals surface area contributed by atoms with E-state index in [2.05, 4.69) is 10.2 Å². The summed E-state index contributed by atoms with van der Waals surface area (Å²) in [6.07, 6.45) is 1.68. The molecule has 6 heteroatoms. The van der Waals surface area contributed by atoms with E-state index >= 15 is 0 Å². The fraction of sp³-hybridized carbons (Fsp3) is 0.250. The fourth-order valence-corrected chi connectivity index (χ4v) is 2.55. The summed E-state index contributed by atoms with van der Waals surface area (Å²) in [5.74, 6) is 2.66. The van der Waals surface area contributed by atoms with Crippen molar-refractivity contribution >= 4 is 28.2 Å². The van der Waals surface area contributed by atoms with Gasteiger partial charge in [-0.25, -0.2) is 0 Å². The largest absolute Gasteiger partial charge is 0.468 e. The molecule has 0 fully saturated rings. The van der Waals surface area contributed by atoms with Gasteiger partial charge in [0.15, 0.2) is 0 Å². The highest BCUT2D eigenvalue weighted by molar-refractivity contribution is 7.97. The molecule has 0 amide bonds. The molecule has 0 atom stereocenters. The highest BCUT2D eigenvalue weighted by Crippen LogP contribution is 2.20. The summed E-state index contributed by atoms with van der Waals surface area (Å²) in [7, 11) is 0. The summed E-state index contributed by atoms with van der Waals surface area (Å²) in [4.78, 5) is 0. The molecule has 2 aromatic heterocycles. The van der Waals surface area contributed by atoms with Crippen molar-refractivity contribution in [3.8, 4) is 0 Å². The quantitative estimate of drug-likeness (QED) is 0.867. The lowest BCUT2D eigenvalue weighted by atomic mass is 10.5. The van der Waals surface area contributed by atoms with Crippen LogP contribution in [0, 0.1) is 0 Å². The van der Waals surface area contributed by atoms with Crippen LogP contribution in [0.5, 0.6) is 0 Å². The van der Waals surface area contributed by atoms with Crippen molar-refractivity contribution in [1.29, 1.82) is 0 Å².